The SMILES string of the molecule is CC(C)(C(=O)O)S(=O)(=O)CCCCC(=O)O. The summed E-state index contributed by atoms with van der Waals surface area (Å²) in [5.74, 6) is -2.69. The highest BCUT2D eigenvalue weighted by Gasteiger charge is 2.41. The van der Waals surface area contributed by atoms with Crippen LogP contribution in [0.2, 0.25) is 0 Å². The van der Waals surface area contributed by atoms with Gasteiger partial charge in [-0.05, 0) is 26.7 Å². The Hall–Kier alpha value is -1.11. The first-order valence-electron chi connectivity index (χ1n) is 4.79. The molecule has 94 valence electrons. The van der Waals surface area contributed by atoms with Gasteiger partial charge in [-0.15, -0.1) is 0 Å². The average Bonchev–Trinajstić information content (AvgIpc) is 2.11. The summed E-state index contributed by atoms with van der Waals surface area (Å²) < 4.78 is 21.4. The number of carbonyl (C=O) groups is 2. The second-order valence-corrected chi connectivity index (χ2v) is 6.64. The van der Waals surface area contributed by atoms with Gasteiger partial charge < -0.3 is 10.2 Å². The molecule has 0 aromatic carbocycles. The Morgan fingerprint density at radius 1 is 1.12 bits per heavy atom. The molecular weight excluding hydrogens is 236 g/mol. The molecule has 0 aromatic rings. The van der Waals surface area contributed by atoms with Gasteiger partial charge in [-0.3, -0.25) is 9.59 Å². The van der Waals surface area contributed by atoms with Crippen LogP contribution in [0.5, 0.6) is 0 Å². The molecule has 0 aliphatic carbocycles. The third-order valence-corrected chi connectivity index (χ3v) is 4.90. The van der Waals surface area contributed by atoms with Crippen molar-refractivity contribution in [1.82, 2.24) is 0 Å². The van der Waals surface area contributed by atoms with E-state index in [0.29, 0.717) is 0 Å². The fourth-order valence-corrected chi connectivity index (χ4v) is 2.32. The zero-order valence-electron chi connectivity index (χ0n) is 9.26. The number of rotatable bonds is 7. The molecule has 0 atom stereocenters. The van der Waals surface area contributed by atoms with Crippen LogP contribution in [-0.2, 0) is 19.4 Å². The van der Waals surface area contributed by atoms with Gasteiger partial charge in [0.15, 0.2) is 14.6 Å². The lowest BCUT2D eigenvalue weighted by molar-refractivity contribution is -0.139. The van der Waals surface area contributed by atoms with Crippen molar-refractivity contribution in [2.45, 2.75) is 37.9 Å². The predicted molar refractivity (Wildman–Crippen MR) is 57.0 cm³/mol. The van der Waals surface area contributed by atoms with Gasteiger partial charge in [0, 0.05) is 6.42 Å². The molecule has 0 amide bonds. The Morgan fingerprint density at radius 3 is 2.00 bits per heavy atom. The summed E-state index contributed by atoms with van der Waals surface area (Å²) in [5.41, 5.74) is 0. The minimum absolute atomic E-state index is 0.108. The minimum atomic E-state index is -3.75. The number of unbranched alkanes of at least 4 members (excludes halogenated alkanes) is 1. The predicted octanol–water partition coefficient (Wildman–Crippen LogP) is 0.519. The van der Waals surface area contributed by atoms with Gasteiger partial charge in [0.1, 0.15) is 0 Å². The zero-order chi connectivity index (χ0) is 13.0. The van der Waals surface area contributed by atoms with E-state index in [-0.39, 0.29) is 25.0 Å². The first-order chi connectivity index (χ1) is 7.11. The van der Waals surface area contributed by atoms with Crippen LogP contribution in [0.15, 0.2) is 0 Å². The fourth-order valence-electron chi connectivity index (χ4n) is 0.956. The van der Waals surface area contributed by atoms with E-state index in [4.69, 9.17) is 10.2 Å². The molecule has 0 unspecified atom stereocenters. The van der Waals surface area contributed by atoms with Crippen LogP contribution >= 0.6 is 0 Å². The Balaban J connectivity index is 4.37. The maximum absolute atomic E-state index is 11.6. The molecular formula is C9H16O6S. The monoisotopic (exact) mass is 252 g/mol. The number of hydrogen-bond donors (Lipinski definition) is 2. The lowest BCUT2D eigenvalue weighted by atomic mass is 10.2. The van der Waals surface area contributed by atoms with Crippen LogP contribution in [0.1, 0.15) is 33.1 Å². The van der Waals surface area contributed by atoms with E-state index in [1.54, 1.807) is 0 Å². The molecule has 0 aliphatic heterocycles. The minimum Gasteiger partial charge on any atom is -0.481 e. The summed E-state index contributed by atoms with van der Waals surface area (Å²) in [6.07, 6.45) is 0.276. The topological polar surface area (TPSA) is 109 Å². The van der Waals surface area contributed by atoms with Crippen molar-refractivity contribution in [2.75, 3.05) is 5.75 Å². The van der Waals surface area contributed by atoms with Gasteiger partial charge in [-0.2, -0.15) is 0 Å². The molecule has 0 saturated heterocycles. The van der Waals surface area contributed by atoms with Gasteiger partial charge in [0.25, 0.3) is 0 Å². The summed E-state index contributed by atoms with van der Waals surface area (Å²) in [4.78, 5) is 20.9. The van der Waals surface area contributed by atoms with Crippen LogP contribution in [0.4, 0.5) is 0 Å². The second kappa shape index (κ2) is 5.29. The Labute approximate surface area is 94.2 Å². The largest absolute Gasteiger partial charge is 0.481 e. The van der Waals surface area contributed by atoms with Crippen LogP contribution < -0.4 is 0 Å². The molecule has 7 heteroatoms. The molecule has 0 saturated carbocycles. The maximum Gasteiger partial charge on any atom is 0.324 e. The number of carboxylic acids is 2. The summed E-state index contributed by atoms with van der Waals surface area (Å²) in [7, 11) is -3.75. The third-order valence-electron chi connectivity index (χ3n) is 2.35. The molecule has 0 aromatic heterocycles. The van der Waals surface area contributed by atoms with Gasteiger partial charge in [0.2, 0.25) is 0 Å². The van der Waals surface area contributed by atoms with Crippen molar-refractivity contribution < 1.29 is 28.2 Å². The summed E-state index contributed by atoms with van der Waals surface area (Å²) in [6, 6.07) is 0. The van der Waals surface area contributed by atoms with Crippen molar-refractivity contribution in [3.05, 3.63) is 0 Å². The second-order valence-electron chi connectivity index (χ2n) is 3.99. The smallest absolute Gasteiger partial charge is 0.324 e. The quantitative estimate of drug-likeness (QED) is 0.639. The number of carboxylic acid groups (broad SMARTS) is 2. The van der Waals surface area contributed by atoms with Crippen molar-refractivity contribution in [1.29, 1.82) is 0 Å². The lowest BCUT2D eigenvalue weighted by Crippen LogP contribution is -2.41. The molecule has 0 fully saturated rings. The van der Waals surface area contributed by atoms with Crippen LogP contribution in [0, 0.1) is 0 Å². The van der Waals surface area contributed by atoms with E-state index in [9.17, 15) is 18.0 Å². The van der Waals surface area contributed by atoms with E-state index >= 15 is 0 Å². The molecule has 0 bridgehead atoms. The van der Waals surface area contributed by atoms with E-state index in [1.165, 1.54) is 0 Å². The van der Waals surface area contributed by atoms with Crippen LogP contribution in [0.25, 0.3) is 0 Å². The van der Waals surface area contributed by atoms with Gasteiger partial charge in [0.05, 0.1) is 5.75 Å². The number of aliphatic carboxylic acids is 2. The van der Waals surface area contributed by atoms with Gasteiger partial charge in [-0.25, -0.2) is 8.42 Å². The Morgan fingerprint density at radius 2 is 1.62 bits per heavy atom. The molecule has 0 radical (unpaired) electrons. The zero-order valence-corrected chi connectivity index (χ0v) is 10.1. The lowest BCUT2D eigenvalue weighted by Gasteiger charge is -2.19. The molecule has 2 N–H and O–H groups in total. The highest BCUT2D eigenvalue weighted by molar-refractivity contribution is 7.93. The summed E-state index contributed by atoms with van der Waals surface area (Å²) >= 11 is 0. The molecule has 16 heavy (non-hydrogen) atoms. The first kappa shape index (κ1) is 14.9. The molecule has 6 nitrogen and oxygen atoms in total. The van der Waals surface area contributed by atoms with Crippen molar-refractivity contribution in [3.63, 3.8) is 0 Å². The fraction of sp³-hybridized carbons (Fsp3) is 0.778. The molecule has 0 heterocycles. The van der Waals surface area contributed by atoms with E-state index < -0.39 is 26.5 Å². The Bertz CT molecular complexity index is 367. The highest BCUT2D eigenvalue weighted by Crippen LogP contribution is 2.19. The number of hydrogen-bond acceptors (Lipinski definition) is 4. The standard InChI is InChI=1S/C9H16O6S/c1-9(2,8(12)13)16(14,15)6-4-3-5-7(10)11/h3-6H2,1-2H3,(H,10,11)(H,12,13). The summed E-state index contributed by atoms with van der Waals surface area (Å²) in [5, 5.41) is 17.1. The van der Waals surface area contributed by atoms with Gasteiger partial charge >= 0.3 is 11.9 Å². The Kier molecular flexibility index (Phi) is 4.92. The number of sulfone groups is 1. The van der Waals surface area contributed by atoms with Crippen molar-refractivity contribution >= 4 is 21.8 Å². The average molecular weight is 252 g/mol. The van der Waals surface area contributed by atoms with Crippen LogP contribution in [0.3, 0.4) is 0 Å². The van der Waals surface area contributed by atoms with Gasteiger partial charge in [-0.1, -0.05) is 0 Å². The van der Waals surface area contributed by atoms with E-state index in [2.05, 4.69) is 0 Å². The molecule has 0 aliphatic rings. The van der Waals surface area contributed by atoms with E-state index in [0.717, 1.165) is 13.8 Å². The first-order valence-corrected chi connectivity index (χ1v) is 6.44. The van der Waals surface area contributed by atoms with Crippen LogP contribution in [-0.4, -0.2) is 41.1 Å². The molecule has 0 rings (SSSR count). The normalized spacial score (nSPS) is 12.4. The van der Waals surface area contributed by atoms with E-state index in [1.807, 2.05) is 0 Å². The van der Waals surface area contributed by atoms with Crippen molar-refractivity contribution in [3.8, 4) is 0 Å². The maximum atomic E-state index is 11.6. The summed E-state index contributed by atoms with van der Waals surface area (Å²) in [6.45, 7) is 2.25. The molecule has 0 spiro atoms. The highest BCUT2D eigenvalue weighted by atomic mass is 32.2. The van der Waals surface area contributed by atoms with Crippen molar-refractivity contribution in [2.24, 2.45) is 0 Å². The third kappa shape index (κ3) is 3.80.